The Kier molecular flexibility index (Phi) is 13.7. The highest BCUT2D eigenvalue weighted by atomic mass is 16.5. The van der Waals surface area contributed by atoms with Crippen molar-refractivity contribution in [2.75, 3.05) is 24.0 Å². The Hall–Kier alpha value is -10.2. The number of amides is 4. The van der Waals surface area contributed by atoms with Crippen LogP contribution in [0.1, 0.15) is 154 Å². The SMILES string of the molecule is COc1ccc(N=Cc2ccc(-c3cc(C(C)C)c(N4C(=O)c5ccc6c7ccc8c9c(ccc(c%10ccc(c5c6%10)C4=O)c97)C(=O)N(c4c(C(C)C)cc(-c5ccc(C=Nc6ccc(OC)cc6)nc5)cc4C(C)C)C8=O)c(C(C)C)c3)cn2)cc1. The summed E-state index contributed by atoms with van der Waals surface area (Å²) in [6.45, 7) is 16.7. The minimum Gasteiger partial charge on any atom is -0.497 e. The van der Waals surface area contributed by atoms with E-state index in [-0.39, 0.29) is 23.7 Å². The first-order valence-corrected chi connectivity index (χ1v) is 29.2. The number of carbonyl (C=O) groups is 4. The van der Waals surface area contributed by atoms with E-state index in [0.29, 0.717) is 55.8 Å². The Labute approximate surface area is 498 Å². The van der Waals surface area contributed by atoms with Crippen LogP contribution < -0.4 is 19.3 Å². The highest BCUT2D eigenvalue weighted by Crippen LogP contribution is 2.50. The molecule has 11 aromatic rings. The fourth-order valence-corrected chi connectivity index (χ4v) is 12.6. The van der Waals surface area contributed by atoms with Crippen LogP contribution in [0, 0.1) is 0 Å². The second-order valence-electron chi connectivity index (χ2n) is 23.5. The normalized spacial score (nSPS) is 13.6. The van der Waals surface area contributed by atoms with Gasteiger partial charge in [-0.1, -0.05) is 91.8 Å². The molecule has 12 nitrogen and oxygen atoms in total. The molecule has 2 aliphatic heterocycles. The van der Waals surface area contributed by atoms with Crippen LogP contribution in [0.15, 0.2) is 168 Å². The number of pyridine rings is 2. The third-order valence-electron chi connectivity index (χ3n) is 17.0. The monoisotopic (exact) mass is 1130 g/mol. The molecule has 0 atom stereocenters. The summed E-state index contributed by atoms with van der Waals surface area (Å²) in [6, 6.07) is 46.4. The Bertz CT molecular complexity index is 4200. The number of carbonyl (C=O) groups excluding carboxylic acids is 4. The predicted octanol–water partition coefficient (Wildman–Crippen LogP) is 17.5. The van der Waals surface area contributed by atoms with Crippen LogP contribution in [0.5, 0.6) is 11.5 Å². The molecule has 0 fully saturated rings. The lowest BCUT2D eigenvalue weighted by Crippen LogP contribution is -2.42. The molecule has 0 unspecified atom stereocenters. The lowest BCUT2D eigenvalue weighted by molar-refractivity contribution is 0.0877. The number of aromatic nitrogens is 2. The van der Waals surface area contributed by atoms with Crippen LogP contribution in [-0.2, 0) is 0 Å². The lowest BCUT2D eigenvalue weighted by Gasteiger charge is -2.34. The molecule has 0 aliphatic carbocycles. The van der Waals surface area contributed by atoms with Crippen molar-refractivity contribution in [3.05, 3.63) is 214 Å². The highest BCUT2D eigenvalue weighted by Gasteiger charge is 2.41. The Morgan fingerprint density at radius 1 is 0.372 bits per heavy atom. The summed E-state index contributed by atoms with van der Waals surface area (Å²) >= 11 is 0. The van der Waals surface area contributed by atoms with Crippen molar-refractivity contribution >= 4 is 102 Å². The van der Waals surface area contributed by atoms with E-state index in [2.05, 4.69) is 89.6 Å². The first-order chi connectivity index (χ1) is 41.5. The zero-order valence-electron chi connectivity index (χ0n) is 49.6. The minimum absolute atomic E-state index is 0.0611. The van der Waals surface area contributed by atoms with E-state index in [1.807, 2.05) is 134 Å². The molecular formula is C74H62N6O6. The van der Waals surface area contributed by atoms with Gasteiger partial charge in [-0.15, -0.1) is 0 Å². The van der Waals surface area contributed by atoms with Crippen LogP contribution >= 0.6 is 0 Å². The quantitative estimate of drug-likeness (QED) is 0.0453. The van der Waals surface area contributed by atoms with E-state index in [9.17, 15) is 0 Å². The standard InChI is InChI=1S/C74H62N6O6/c1-39(2)61-31-45(43-11-13-49(75-35-43)37-77-47-15-19-51(85-9)20-16-47)32-62(40(3)4)69(61)79-71(81)57-27-23-53-55-25-29-59-68-60(30-26-56(66(55)68)54-24-28-58(72(79)82)67(57)65(53)54)74(84)80(73(59)83)70-63(41(5)6)33-46(34-64(70)42(7)8)44-12-14-50(76-36-44)38-78-48-17-21-52(86-10)22-18-48/h11-42H,1-10H3. The van der Waals surface area contributed by atoms with Gasteiger partial charge in [-0.25, -0.2) is 9.80 Å². The number of methoxy groups -OCH3 is 2. The molecule has 4 amide bonds. The minimum atomic E-state index is -0.395. The molecule has 0 N–H and O–H groups in total. The van der Waals surface area contributed by atoms with Crippen molar-refractivity contribution < 1.29 is 28.7 Å². The summed E-state index contributed by atoms with van der Waals surface area (Å²) in [7, 11) is 3.26. The third-order valence-corrected chi connectivity index (χ3v) is 17.0. The molecule has 13 rings (SSSR count). The fourth-order valence-electron chi connectivity index (χ4n) is 12.6. The summed E-state index contributed by atoms with van der Waals surface area (Å²) in [5.41, 5.74) is 13.0. The van der Waals surface area contributed by atoms with Crippen molar-refractivity contribution in [1.29, 1.82) is 0 Å². The molecule has 0 saturated heterocycles. The number of benzene rings is 9. The van der Waals surface area contributed by atoms with E-state index in [0.717, 1.165) is 99.7 Å². The van der Waals surface area contributed by atoms with Gasteiger partial charge in [-0.05, 0) is 199 Å². The topological polar surface area (TPSA) is 144 Å². The Balaban J connectivity index is 0.854. The Morgan fingerprint density at radius 3 is 0.930 bits per heavy atom. The van der Waals surface area contributed by atoms with Gasteiger partial charge in [0, 0.05) is 56.5 Å². The molecule has 0 spiro atoms. The number of imide groups is 2. The first-order valence-electron chi connectivity index (χ1n) is 29.2. The van der Waals surface area contributed by atoms with E-state index < -0.39 is 23.6 Å². The maximum atomic E-state index is 15.4. The molecule has 0 bridgehead atoms. The molecule has 86 heavy (non-hydrogen) atoms. The molecule has 0 radical (unpaired) electrons. The number of hydrogen-bond acceptors (Lipinski definition) is 10. The smallest absolute Gasteiger partial charge is 0.266 e. The van der Waals surface area contributed by atoms with Crippen molar-refractivity contribution in [3.8, 4) is 33.8 Å². The maximum absolute atomic E-state index is 15.4. The number of ether oxygens (including phenoxy) is 2. The van der Waals surface area contributed by atoms with Crippen LogP contribution in [0.3, 0.4) is 0 Å². The van der Waals surface area contributed by atoms with Gasteiger partial charge in [0.1, 0.15) is 11.5 Å². The fraction of sp³-hybridized carbons (Fsp3) is 0.189. The Morgan fingerprint density at radius 2 is 0.674 bits per heavy atom. The van der Waals surface area contributed by atoms with Crippen LogP contribution in [0.25, 0.3) is 65.3 Å². The number of hydrogen-bond donors (Lipinski definition) is 0. The van der Waals surface area contributed by atoms with Gasteiger partial charge < -0.3 is 9.47 Å². The number of nitrogens with zero attached hydrogens (tertiary/aromatic N) is 6. The van der Waals surface area contributed by atoms with Gasteiger partial charge >= 0.3 is 0 Å². The van der Waals surface area contributed by atoms with E-state index in [1.165, 1.54) is 9.80 Å². The zero-order valence-corrected chi connectivity index (χ0v) is 49.6. The van der Waals surface area contributed by atoms with Crippen molar-refractivity contribution in [2.24, 2.45) is 9.98 Å². The molecule has 4 heterocycles. The highest BCUT2D eigenvalue weighted by molar-refractivity contribution is 6.45. The predicted molar refractivity (Wildman–Crippen MR) is 346 cm³/mol. The van der Waals surface area contributed by atoms with Gasteiger partial charge in [0.2, 0.25) is 0 Å². The van der Waals surface area contributed by atoms with Gasteiger partial charge in [0.25, 0.3) is 23.6 Å². The van der Waals surface area contributed by atoms with Crippen molar-refractivity contribution in [3.63, 3.8) is 0 Å². The van der Waals surface area contributed by atoms with E-state index in [4.69, 9.17) is 19.4 Å². The molecule has 2 aliphatic rings. The van der Waals surface area contributed by atoms with Gasteiger partial charge in [0.05, 0.1) is 60.8 Å². The molecule has 2 aromatic heterocycles. The molecule has 12 heteroatoms. The average Bonchev–Trinajstić information content (AvgIpc) is 0.805. The number of aliphatic imine (C=N–C) groups is 2. The van der Waals surface area contributed by atoms with Crippen molar-refractivity contribution in [1.82, 2.24) is 9.97 Å². The number of rotatable bonds is 14. The van der Waals surface area contributed by atoms with Crippen LogP contribution in [0.4, 0.5) is 22.7 Å². The van der Waals surface area contributed by atoms with Crippen molar-refractivity contribution in [2.45, 2.75) is 79.1 Å². The molecular weight excluding hydrogens is 1070 g/mol. The summed E-state index contributed by atoms with van der Waals surface area (Å²) in [5.74, 6) is -0.309. The second kappa shape index (κ2) is 21.5. The maximum Gasteiger partial charge on any atom is 0.266 e. The summed E-state index contributed by atoms with van der Waals surface area (Å²) in [5, 5.41) is 6.04. The van der Waals surface area contributed by atoms with Gasteiger partial charge in [-0.2, -0.15) is 0 Å². The van der Waals surface area contributed by atoms with E-state index >= 15 is 19.2 Å². The van der Waals surface area contributed by atoms with Gasteiger partial charge in [-0.3, -0.25) is 39.1 Å². The van der Waals surface area contributed by atoms with E-state index in [1.54, 1.807) is 26.6 Å². The first kappa shape index (κ1) is 55.0. The average molecular weight is 1130 g/mol. The number of anilines is 2. The second-order valence-corrected chi connectivity index (χ2v) is 23.5. The summed E-state index contributed by atoms with van der Waals surface area (Å²) in [6.07, 6.45) is 7.11. The van der Waals surface area contributed by atoms with Gasteiger partial charge in [0.15, 0.2) is 0 Å². The lowest BCUT2D eigenvalue weighted by atomic mass is 9.81. The van der Waals surface area contributed by atoms with Crippen LogP contribution in [-0.4, -0.2) is 60.2 Å². The summed E-state index contributed by atoms with van der Waals surface area (Å²) < 4.78 is 10.6. The molecule has 424 valence electrons. The third kappa shape index (κ3) is 9.06. The number of fused-ring (bicyclic) bond motifs is 2. The molecule has 9 aromatic carbocycles. The van der Waals surface area contributed by atoms with Crippen LogP contribution in [0.2, 0.25) is 0 Å². The molecule has 0 saturated carbocycles. The largest absolute Gasteiger partial charge is 0.497 e. The zero-order chi connectivity index (χ0) is 60.0. The summed E-state index contributed by atoms with van der Waals surface area (Å²) in [4.78, 5) is 82.9.